The van der Waals surface area contributed by atoms with Crippen molar-refractivity contribution in [3.8, 4) is 0 Å². The predicted octanol–water partition coefficient (Wildman–Crippen LogP) is 2.60. The van der Waals surface area contributed by atoms with Gasteiger partial charge in [-0.3, -0.25) is 4.79 Å². The first-order valence-electron chi connectivity index (χ1n) is 7.05. The summed E-state index contributed by atoms with van der Waals surface area (Å²) in [6.07, 6.45) is 0. The minimum atomic E-state index is 0.0371. The number of hydrogen-bond donors (Lipinski definition) is 2. The van der Waals surface area contributed by atoms with Gasteiger partial charge in [-0.05, 0) is 13.0 Å². The number of aryl methyl sites for hydroxylation is 1. The van der Waals surface area contributed by atoms with Gasteiger partial charge in [-0.25, -0.2) is 0 Å². The van der Waals surface area contributed by atoms with Crippen LogP contribution in [0.4, 0.5) is 0 Å². The molecule has 0 aliphatic heterocycles. The first-order valence-corrected chi connectivity index (χ1v) is 7.05. The van der Waals surface area contributed by atoms with E-state index in [4.69, 9.17) is 4.42 Å². The number of nitrogens with one attached hydrogen (secondary N) is 2. The average Bonchev–Trinajstić information content (AvgIpc) is 2.74. The molecule has 0 saturated carbocycles. The van der Waals surface area contributed by atoms with Gasteiger partial charge in [0.05, 0.1) is 0 Å². The maximum absolute atomic E-state index is 11.4. The molecule has 0 aliphatic carbocycles. The van der Waals surface area contributed by atoms with Gasteiger partial charge in [0.25, 0.3) is 0 Å². The van der Waals surface area contributed by atoms with Crippen molar-refractivity contribution in [2.75, 3.05) is 13.1 Å². The van der Waals surface area contributed by atoms with Crippen LogP contribution in [0.15, 0.2) is 28.7 Å². The lowest BCUT2D eigenvalue weighted by molar-refractivity contribution is -0.123. The van der Waals surface area contributed by atoms with Crippen LogP contribution < -0.4 is 10.6 Å². The van der Waals surface area contributed by atoms with Crippen molar-refractivity contribution < 1.29 is 9.21 Å². The highest BCUT2D eigenvalue weighted by Gasteiger charge is 2.09. The summed E-state index contributed by atoms with van der Waals surface area (Å²) in [5.41, 5.74) is 2.12. The molecule has 1 aromatic carbocycles. The maximum Gasteiger partial charge on any atom is 0.222 e. The number of rotatable bonds is 6. The normalized spacial score (nSPS) is 11.2. The Hall–Kier alpha value is -1.81. The minimum absolute atomic E-state index is 0.0371. The molecule has 1 heterocycles. The van der Waals surface area contributed by atoms with E-state index in [-0.39, 0.29) is 11.8 Å². The molecule has 0 atom stereocenters. The maximum atomic E-state index is 11.4. The van der Waals surface area contributed by atoms with Gasteiger partial charge in [-0.15, -0.1) is 0 Å². The van der Waals surface area contributed by atoms with Crippen molar-refractivity contribution in [2.24, 2.45) is 5.92 Å². The SMILES string of the molecule is Cc1oc2ccccc2c1CNCCNC(=O)C(C)C. The largest absolute Gasteiger partial charge is 0.461 e. The zero-order chi connectivity index (χ0) is 14.5. The third kappa shape index (κ3) is 3.39. The number of carbonyl (C=O) groups is 1. The summed E-state index contributed by atoms with van der Waals surface area (Å²) in [5, 5.41) is 7.39. The van der Waals surface area contributed by atoms with Crippen LogP contribution >= 0.6 is 0 Å². The lowest BCUT2D eigenvalue weighted by Gasteiger charge is -2.08. The second kappa shape index (κ2) is 6.57. The van der Waals surface area contributed by atoms with E-state index in [9.17, 15) is 4.79 Å². The molecule has 2 aromatic rings. The van der Waals surface area contributed by atoms with Crippen LogP contribution in [0.5, 0.6) is 0 Å². The first kappa shape index (κ1) is 14.6. The summed E-state index contributed by atoms with van der Waals surface area (Å²) in [4.78, 5) is 11.4. The molecule has 0 unspecified atom stereocenters. The van der Waals surface area contributed by atoms with E-state index in [2.05, 4.69) is 16.7 Å². The Bertz CT molecular complexity index is 587. The lowest BCUT2D eigenvalue weighted by Crippen LogP contribution is -2.34. The summed E-state index contributed by atoms with van der Waals surface area (Å²) >= 11 is 0. The van der Waals surface area contributed by atoms with Gasteiger partial charge >= 0.3 is 0 Å². The van der Waals surface area contributed by atoms with Crippen molar-refractivity contribution in [3.63, 3.8) is 0 Å². The third-order valence-electron chi connectivity index (χ3n) is 3.33. The van der Waals surface area contributed by atoms with Gasteiger partial charge in [-0.2, -0.15) is 0 Å². The second-order valence-electron chi connectivity index (χ2n) is 5.26. The van der Waals surface area contributed by atoms with Gasteiger partial charge in [0, 0.05) is 36.5 Å². The van der Waals surface area contributed by atoms with Gasteiger partial charge in [0.15, 0.2) is 0 Å². The molecule has 0 bridgehead atoms. The van der Waals surface area contributed by atoms with Gasteiger partial charge in [-0.1, -0.05) is 32.0 Å². The molecule has 2 rings (SSSR count). The molecule has 0 radical (unpaired) electrons. The second-order valence-corrected chi connectivity index (χ2v) is 5.26. The van der Waals surface area contributed by atoms with E-state index < -0.39 is 0 Å². The molecule has 1 aromatic heterocycles. The van der Waals surface area contributed by atoms with E-state index in [0.29, 0.717) is 6.54 Å². The highest BCUT2D eigenvalue weighted by molar-refractivity contribution is 5.82. The van der Waals surface area contributed by atoms with Crippen LogP contribution in [0.2, 0.25) is 0 Å². The Balaban J connectivity index is 1.84. The Labute approximate surface area is 119 Å². The van der Waals surface area contributed by atoms with Crippen molar-refractivity contribution in [1.29, 1.82) is 0 Å². The van der Waals surface area contributed by atoms with Crippen molar-refractivity contribution in [1.82, 2.24) is 10.6 Å². The minimum Gasteiger partial charge on any atom is -0.461 e. The highest BCUT2D eigenvalue weighted by Crippen LogP contribution is 2.24. The number of para-hydroxylation sites is 1. The molecule has 2 N–H and O–H groups in total. The van der Waals surface area contributed by atoms with Crippen LogP contribution in [0.25, 0.3) is 11.0 Å². The van der Waals surface area contributed by atoms with Gasteiger partial charge in [0.1, 0.15) is 11.3 Å². The zero-order valence-corrected chi connectivity index (χ0v) is 12.3. The summed E-state index contributed by atoms with van der Waals surface area (Å²) in [5.74, 6) is 1.08. The van der Waals surface area contributed by atoms with E-state index in [0.717, 1.165) is 29.8 Å². The monoisotopic (exact) mass is 274 g/mol. The molecular formula is C16H22N2O2. The zero-order valence-electron chi connectivity index (χ0n) is 12.3. The van der Waals surface area contributed by atoms with Crippen LogP contribution in [0, 0.1) is 12.8 Å². The fraction of sp³-hybridized carbons (Fsp3) is 0.438. The molecule has 0 spiro atoms. The molecule has 20 heavy (non-hydrogen) atoms. The average molecular weight is 274 g/mol. The summed E-state index contributed by atoms with van der Waals surface area (Å²) in [6, 6.07) is 8.05. The molecule has 0 fully saturated rings. The fourth-order valence-corrected chi connectivity index (χ4v) is 2.13. The fourth-order valence-electron chi connectivity index (χ4n) is 2.13. The Morgan fingerprint density at radius 3 is 2.75 bits per heavy atom. The number of amides is 1. The van der Waals surface area contributed by atoms with Crippen molar-refractivity contribution in [2.45, 2.75) is 27.3 Å². The highest BCUT2D eigenvalue weighted by atomic mass is 16.3. The van der Waals surface area contributed by atoms with Crippen LogP contribution in [-0.4, -0.2) is 19.0 Å². The third-order valence-corrected chi connectivity index (χ3v) is 3.33. The van der Waals surface area contributed by atoms with E-state index >= 15 is 0 Å². The van der Waals surface area contributed by atoms with E-state index in [1.807, 2.05) is 39.0 Å². The van der Waals surface area contributed by atoms with Gasteiger partial charge < -0.3 is 15.1 Å². The van der Waals surface area contributed by atoms with Crippen molar-refractivity contribution >= 4 is 16.9 Å². The Kier molecular flexibility index (Phi) is 4.79. The van der Waals surface area contributed by atoms with Crippen LogP contribution in [-0.2, 0) is 11.3 Å². The summed E-state index contributed by atoms with van der Waals surface area (Å²) in [7, 11) is 0. The standard InChI is InChI=1S/C16H22N2O2/c1-11(2)16(19)18-9-8-17-10-14-12(3)20-15-7-5-4-6-13(14)15/h4-7,11,17H,8-10H2,1-3H3,(H,18,19). The topological polar surface area (TPSA) is 54.3 Å². The molecule has 4 nitrogen and oxygen atoms in total. The van der Waals surface area contributed by atoms with Crippen LogP contribution in [0.3, 0.4) is 0 Å². The molecule has 4 heteroatoms. The smallest absolute Gasteiger partial charge is 0.222 e. The van der Waals surface area contributed by atoms with Crippen LogP contribution in [0.1, 0.15) is 25.2 Å². The number of fused-ring (bicyclic) bond motifs is 1. The Morgan fingerprint density at radius 2 is 2.00 bits per heavy atom. The molecule has 0 aliphatic rings. The Morgan fingerprint density at radius 1 is 1.25 bits per heavy atom. The number of hydrogen-bond acceptors (Lipinski definition) is 3. The van der Waals surface area contributed by atoms with Gasteiger partial charge in [0.2, 0.25) is 5.91 Å². The van der Waals surface area contributed by atoms with E-state index in [1.54, 1.807) is 0 Å². The summed E-state index contributed by atoms with van der Waals surface area (Å²) in [6.45, 7) is 7.91. The quantitative estimate of drug-likeness (QED) is 0.796. The number of benzene rings is 1. The molecular weight excluding hydrogens is 252 g/mol. The molecule has 108 valence electrons. The first-order chi connectivity index (χ1) is 9.59. The molecule has 0 saturated heterocycles. The summed E-state index contributed by atoms with van der Waals surface area (Å²) < 4.78 is 5.72. The number of carbonyl (C=O) groups excluding carboxylic acids is 1. The van der Waals surface area contributed by atoms with E-state index in [1.165, 1.54) is 5.56 Å². The predicted molar refractivity (Wildman–Crippen MR) is 80.5 cm³/mol. The lowest BCUT2D eigenvalue weighted by atomic mass is 10.1. The molecule has 1 amide bonds. The van der Waals surface area contributed by atoms with Crippen molar-refractivity contribution in [3.05, 3.63) is 35.6 Å². The number of furan rings is 1.